The summed E-state index contributed by atoms with van der Waals surface area (Å²) in [6, 6.07) is 7.56. The number of esters is 1. The molecule has 1 aliphatic heterocycles. The van der Waals surface area contributed by atoms with Crippen LogP contribution >= 0.6 is 0 Å². The van der Waals surface area contributed by atoms with Gasteiger partial charge in [0.25, 0.3) is 21.8 Å². The minimum Gasteiger partial charge on any atom is -0.456 e. The summed E-state index contributed by atoms with van der Waals surface area (Å²) in [5.74, 6) is -4.56. The lowest BCUT2D eigenvalue weighted by atomic mass is 10.0. The molecule has 0 spiro atoms. The lowest BCUT2D eigenvalue weighted by Crippen LogP contribution is -2.50. The van der Waals surface area contributed by atoms with Crippen LogP contribution in [0.5, 0.6) is 0 Å². The third-order valence-corrected chi connectivity index (χ3v) is 8.02. The Balaban J connectivity index is 1.94. The van der Waals surface area contributed by atoms with Crippen LogP contribution in [0.25, 0.3) is 0 Å². The maximum atomic E-state index is 13.1. The number of ether oxygens (including phenoxy) is 1. The molecular formula is C25H28N2O10S2. The fraction of sp³-hybridized carbons (Fsp3) is 0.360. The average Bonchev–Trinajstić information content (AvgIpc) is 3.06. The lowest BCUT2D eigenvalue weighted by Gasteiger charge is -2.27. The van der Waals surface area contributed by atoms with Crippen molar-refractivity contribution in [2.24, 2.45) is 5.92 Å². The van der Waals surface area contributed by atoms with Crippen molar-refractivity contribution < 1.29 is 45.6 Å². The van der Waals surface area contributed by atoms with Crippen molar-refractivity contribution in [3.8, 4) is 0 Å². The fourth-order valence-corrected chi connectivity index (χ4v) is 6.60. The molecule has 210 valence electrons. The molecule has 2 aromatic rings. The van der Waals surface area contributed by atoms with E-state index in [9.17, 15) is 36.0 Å². The Bertz CT molecular complexity index is 1540. The minimum absolute atomic E-state index is 0.0817. The van der Waals surface area contributed by atoms with E-state index in [4.69, 9.17) is 9.57 Å². The van der Waals surface area contributed by atoms with Crippen LogP contribution < -0.4 is 4.89 Å². The third-order valence-electron chi connectivity index (χ3n) is 5.49. The molecular weight excluding hydrogens is 552 g/mol. The number of fused-ring (bicyclic) bond motifs is 1. The molecule has 0 fully saturated rings. The second-order valence-corrected chi connectivity index (χ2v) is 13.7. The van der Waals surface area contributed by atoms with E-state index in [0.717, 1.165) is 18.2 Å². The number of rotatable bonds is 8. The van der Waals surface area contributed by atoms with Gasteiger partial charge in [0.1, 0.15) is 21.4 Å². The summed E-state index contributed by atoms with van der Waals surface area (Å²) in [7, 11) is -9.23. The average molecular weight is 581 g/mol. The SMILES string of the molecule is CC(C)[C@@H](C(=O)ONS(=O)(=O)c1cccc(C(=O)OC(C)(C)C)c1S(C)(=O)=O)N1C(=O)c2ccccc2C1=O. The highest BCUT2D eigenvalue weighted by Gasteiger charge is 2.45. The molecule has 0 aromatic heterocycles. The summed E-state index contributed by atoms with van der Waals surface area (Å²) >= 11 is 0. The predicted octanol–water partition coefficient (Wildman–Crippen LogP) is 2.10. The summed E-state index contributed by atoms with van der Waals surface area (Å²) < 4.78 is 56.7. The number of nitrogens with one attached hydrogen (secondary N) is 1. The molecule has 3 rings (SSSR count). The van der Waals surface area contributed by atoms with Gasteiger partial charge in [-0.3, -0.25) is 14.5 Å². The smallest absolute Gasteiger partial charge is 0.349 e. The number of benzene rings is 2. The van der Waals surface area contributed by atoms with Crippen LogP contribution in [-0.2, 0) is 34.2 Å². The molecule has 0 bridgehead atoms. The molecule has 0 aliphatic carbocycles. The van der Waals surface area contributed by atoms with Crippen molar-refractivity contribution >= 4 is 43.6 Å². The fourth-order valence-electron chi connectivity index (χ4n) is 3.94. The van der Waals surface area contributed by atoms with Crippen LogP contribution in [0.4, 0.5) is 0 Å². The van der Waals surface area contributed by atoms with Crippen LogP contribution in [0, 0.1) is 5.92 Å². The Labute approximate surface area is 226 Å². The molecule has 1 aliphatic rings. The van der Waals surface area contributed by atoms with Crippen molar-refractivity contribution in [3.05, 3.63) is 59.2 Å². The zero-order valence-corrected chi connectivity index (χ0v) is 23.7. The summed E-state index contributed by atoms with van der Waals surface area (Å²) in [5, 5.41) is 0. The lowest BCUT2D eigenvalue weighted by molar-refractivity contribution is -0.153. The van der Waals surface area contributed by atoms with Crippen molar-refractivity contribution in [2.75, 3.05) is 6.26 Å². The molecule has 0 saturated carbocycles. The number of sulfonamides is 1. The number of carbonyl (C=O) groups is 4. The number of carbonyl (C=O) groups excluding carboxylic acids is 4. The Hall–Kier alpha value is -3.62. The third kappa shape index (κ3) is 6.18. The molecule has 1 atom stereocenters. The van der Waals surface area contributed by atoms with Gasteiger partial charge < -0.3 is 9.57 Å². The molecule has 2 amide bonds. The Morgan fingerprint density at radius 3 is 1.90 bits per heavy atom. The number of imide groups is 1. The van der Waals surface area contributed by atoms with Gasteiger partial charge in [-0.15, -0.1) is 0 Å². The topological polar surface area (TPSA) is 170 Å². The molecule has 0 saturated heterocycles. The molecule has 0 radical (unpaired) electrons. The summed E-state index contributed by atoms with van der Waals surface area (Å²) in [6.45, 7) is 7.69. The highest BCUT2D eigenvalue weighted by molar-refractivity contribution is 7.93. The van der Waals surface area contributed by atoms with Gasteiger partial charge in [-0.05, 0) is 55.8 Å². The molecule has 12 nitrogen and oxygen atoms in total. The van der Waals surface area contributed by atoms with E-state index < -0.39 is 76.5 Å². The molecule has 1 heterocycles. The van der Waals surface area contributed by atoms with E-state index in [-0.39, 0.29) is 11.1 Å². The zero-order chi connectivity index (χ0) is 29.5. The quantitative estimate of drug-likeness (QED) is 0.277. The van der Waals surface area contributed by atoms with Gasteiger partial charge in [0, 0.05) is 6.26 Å². The number of hydrogen-bond donors (Lipinski definition) is 1. The Morgan fingerprint density at radius 2 is 1.44 bits per heavy atom. The normalized spacial score (nSPS) is 14.8. The number of hydrogen-bond acceptors (Lipinski definition) is 10. The van der Waals surface area contributed by atoms with Crippen LogP contribution in [0.2, 0.25) is 0 Å². The largest absolute Gasteiger partial charge is 0.456 e. The van der Waals surface area contributed by atoms with Crippen molar-refractivity contribution in [3.63, 3.8) is 0 Å². The molecule has 39 heavy (non-hydrogen) atoms. The maximum absolute atomic E-state index is 13.1. The monoisotopic (exact) mass is 580 g/mol. The molecule has 0 unspecified atom stereocenters. The molecule has 1 N–H and O–H groups in total. The highest BCUT2D eigenvalue weighted by Crippen LogP contribution is 2.29. The number of amides is 2. The van der Waals surface area contributed by atoms with E-state index in [1.807, 2.05) is 0 Å². The van der Waals surface area contributed by atoms with Gasteiger partial charge >= 0.3 is 11.9 Å². The van der Waals surface area contributed by atoms with E-state index in [1.54, 1.807) is 37.8 Å². The Morgan fingerprint density at radius 1 is 0.897 bits per heavy atom. The first kappa shape index (κ1) is 29.9. The molecule has 14 heteroatoms. The highest BCUT2D eigenvalue weighted by atomic mass is 32.2. The van der Waals surface area contributed by atoms with Crippen LogP contribution in [0.1, 0.15) is 65.7 Å². The first-order valence-electron chi connectivity index (χ1n) is 11.6. The van der Waals surface area contributed by atoms with Crippen molar-refractivity contribution in [2.45, 2.75) is 56.1 Å². The summed E-state index contributed by atoms with van der Waals surface area (Å²) in [4.78, 5) is 56.8. The van der Waals surface area contributed by atoms with E-state index in [1.165, 1.54) is 26.0 Å². The number of sulfone groups is 1. The second-order valence-electron chi connectivity index (χ2n) is 10.1. The van der Waals surface area contributed by atoms with Crippen molar-refractivity contribution in [1.29, 1.82) is 0 Å². The van der Waals surface area contributed by atoms with E-state index in [0.29, 0.717) is 11.2 Å². The van der Waals surface area contributed by atoms with Gasteiger partial charge in [-0.25, -0.2) is 26.4 Å². The van der Waals surface area contributed by atoms with Crippen LogP contribution in [0.3, 0.4) is 0 Å². The summed E-state index contributed by atoms with van der Waals surface area (Å²) in [5.41, 5.74) is -1.38. The maximum Gasteiger partial charge on any atom is 0.349 e. The van der Waals surface area contributed by atoms with Gasteiger partial charge in [0.15, 0.2) is 9.84 Å². The van der Waals surface area contributed by atoms with E-state index >= 15 is 0 Å². The van der Waals surface area contributed by atoms with Gasteiger partial charge in [-0.2, -0.15) is 0 Å². The predicted molar refractivity (Wildman–Crippen MR) is 137 cm³/mol. The van der Waals surface area contributed by atoms with Crippen molar-refractivity contribution in [1.82, 2.24) is 9.79 Å². The first-order valence-corrected chi connectivity index (χ1v) is 15.0. The Kier molecular flexibility index (Phi) is 8.06. The molecule has 2 aromatic carbocycles. The zero-order valence-electron chi connectivity index (χ0n) is 22.0. The second kappa shape index (κ2) is 10.5. The van der Waals surface area contributed by atoms with Crippen LogP contribution in [-0.4, -0.2) is 63.4 Å². The van der Waals surface area contributed by atoms with Gasteiger partial charge in [0.2, 0.25) is 0 Å². The van der Waals surface area contributed by atoms with Gasteiger partial charge in [0.05, 0.1) is 16.7 Å². The minimum atomic E-state index is -4.90. The van der Waals surface area contributed by atoms with E-state index in [2.05, 4.69) is 0 Å². The number of nitrogens with zero attached hydrogens (tertiary/aromatic N) is 1. The first-order chi connectivity index (χ1) is 17.9. The van der Waals surface area contributed by atoms with Crippen LogP contribution in [0.15, 0.2) is 52.3 Å². The standard InChI is InChI=1S/C25H28N2O10S2/c1-14(2)19(27-21(28)15-10-7-8-11-16(15)22(27)29)24(31)37-26-39(34,35)18-13-9-12-17(20(18)38(6,32)33)23(30)36-25(3,4)5/h7-14,19,26H,1-6H3/t19-/m0/s1. The summed E-state index contributed by atoms with van der Waals surface area (Å²) in [6.07, 6.45) is 0.707. The van der Waals surface area contributed by atoms with Gasteiger partial charge in [-0.1, -0.05) is 32.0 Å².